The van der Waals surface area contributed by atoms with Crippen molar-refractivity contribution < 1.29 is 9.59 Å². The number of hydrogen-bond acceptors (Lipinski definition) is 3. The van der Waals surface area contributed by atoms with Gasteiger partial charge in [0.2, 0.25) is 11.8 Å². The summed E-state index contributed by atoms with van der Waals surface area (Å²) in [5.41, 5.74) is 2.11. The molecule has 1 aliphatic carbocycles. The lowest BCUT2D eigenvalue weighted by atomic mass is 10.0. The van der Waals surface area contributed by atoms with Crippen LogP contribution in [0.25, 0.3) is 0 Å². The predicted octanol–water partition coefficient (Wildman–Crippen LogP) is 2.91. The summed E-state index contributed by atoms with van der Waals surface area (Å²) in [5.74, 6) is 0.443. The Hall–Kier alpha value is -2.69. The Kier molecular flexibility index (Phi) is 5.16. The number of pyridine rings is 1. The number of aryl methyl sites for hydroxylation is 1. The van der Waals surface area contributed by atoms with E-state index >= 15 is 0 Å². The van der Waals surface area contributed by atoms with Crippen LogP contribution in [0, 0.1) is 11.3 Å². The first-order valence-corrected chi connectivity index (χ1v) is 10.0. The van der Waals surface area contributed by atoms with Gasteiger partial charge in [-0.2, -0.15) is 0 Å². The highest BCUT2D eigenvalue weighted by atomic mass is 16.2. The van der Waals surface area contributed by atoms with E-state index in [1.54, 1.807) is 11.1 Å². The van der Waals surface area contributed by atoms with Gasteiger partial charge in [-0.05, 0) is 37.0 Å². The number of benzene rings is 1. The third kappa shape index (κ3) is 3.93. The third-order valence-electron chi connectivity index (χ3n) is 6.20. The number of rotatable bonds is 6. The van der Waals surface area contributed by atoms with E-state index in [1.807, 2.05) is 48.3 Å². The van der Waals surface area contributed by atoms with Gasteiger partial charge in [-0.3, -0.25) is 14.6 Å². The number of hydrogen-bond donors (Lipinski definition) is 0. The van der Waals surface area contributed by atoms with Crippen LogP contribution in [0.4, 0.5) is 0 Å². The molecule has 4 rings (SSSR count). The van der Waals surface area contributed by atoms with Gasteiger partial charge >= 0.3 is 0 Å². The maximum atomic E-state index is 12.9. The van der Waals surface area contributed by atoms with E-state index in [4.69, 9.17) is 0 Å². The molecule has 2 heterocycles. The first kappa shape index (κ1) is 18.7. The molecule has 1 saturated carbocycles. The van der Waals surface area contributed by atoms with Crippen LogP contribution < -0.4 is 0 Å². The van der Waals surface area contributed by atoms with Crippen LogP contribution in [0.3, 0.4) is 0 Å². The molecular formula is C23H27N3O2. The molecule has 0 unspecified atom stereocenters. The molecule has 1 spiro atoms. The number of nitrogens with zero attached hydrogens (tertiary/aromatic N) is 3. The highest BCUT2D eigenvalue weighted by Gasteiger charge is 2.61. The lowest BCUT2D eigenvalue weighted by Gasteiger charge is -2.19. The SMILES string of the molecule is CN(Cc1ccccn1)C(=O)[C@@H]1C[C@]12CCN(C(=O)CCc1ccccc1)C2. The number of amides is 2. The van der Waals surface area contributed by atoms with Gasteiger partial charge in [0.1, 0.15) is 0 Å². The fraction of sp³-hybridized carbons (Fsp3) is 0.435. The summed E-state index contributed by atoms with van der Waals surface area (Å²) in [4.78, 5) is 33.5. The minimum absolute atomic E-state index is 0.0118. The van der Waals surface area contributed by atoms with Crippen LogP contribution in [-0.2, 0) is 22.6 Å². The minimum atomic E-state index is 0.0118. The molecule has 5 nitrogen and oxygen atoms in total. The van der Waals surface area contributed by atoms with Gasteiger partial charge in [-0.25, -0.2) is 0 Å². The quantitative estimate of drug-likeness (QED) is 0.778. The van der Waals surface area contributed by atoms with Gasteiger partial charge in [-0.1, -0.05) is 36.4 Å². The van der Waals surface area contributed by atoms with E-state index in [1.165, 1.54) is 5.56 Å². The van der Waals surface area contributed by atoms with Gasteiger partial charge in [0, 0.05) is 44.1 Å². The summed E-state index contributed by atoms with van der Waals surface area (Å²) in [6, 6.07) is 15.9. The largest absolute Gasteiger partial charge is 0.342 e. The highest BCUT2D eigenvalue weighted by molar-refractivity contribution is 5.83. The molecule has 1 aliphatic heterocycles. The topological polar surface area (TPSA) is 53.5 Å². The standard InChI is InChI=1S/C23H27N3O2/c1-25(16-19-9-5-6-13-24-19)22(28)20-15-23(20)12-14-26(17-23)21(27)11-10-18-7-3-2-4-8-18/h2-9,13,20H,10-12,14-17H2,1H3/t20-,23-/m0/s1. The Balaban J connectivity index is 1.28. The maximum absolute atomic E-state index is 12.9. The second-order valence-corrected chi connectivity index (χ2v) is 8.19. The van der Waals surface area contributed by atoms with Crippen LogP contribution in [0.5, 0.6) is 0 Å². The molecule has 0 N–H and O–H groups in total. The van der Waals surface area contributed by atoms with Gasteiger partial charge in [-0.15, -0.1) is 0 Å². The lowest BCUT2D eigenvalue weighted by molar-refractivity contribution is -0.133. The second kappa shape index (κ2) is 7.74. The molecule has 2 atom stereocenters. The molecule has 1 saturated heterocycles. The molecule has 1 aromatic carbocycles. The Labute approximate surface area is 166 Å². The van der Waals surface area contributed by atoms with Crippen molar-refractivity contribution in [3.63, 3.8) is 0 Å². The van der Waals surface area contributed by atoms with Crippen molar-refractivity contribution in [2.75, 3.05) is 20.1 Å². The van der Waals surface area contributed by atoms with Gasteiger partial charge in [0.25, 0.3) is 0 Å². The van der Waals surface area contributed by atoms with Crippen molar-refractivity contribution in [3.05, 3.63) is 66.0 Å². The van der Waals surface area contributed by atoms with Gasteiger partial charge in [0.15, 0.2) is 0 Å². The zero-order valence-corrected chi connectivity index (χ0v) is 16.4. The molecule has 0 bridgehead atoms. The number of likely N-dealkylation sites (tertiary alicyclic amines) is 1. The molecule has 28 heavy (non-hydrogen) atoms. The molecule has 2 amide bonds. The first-order chi connectivity index (χ1) is 13.6. The first-order valence-electron chi connectivity index (χ1n) is 10.0. The summed E-state index contributed by atoms with van der Waals surface area (Å²) in [6.07, 6.45) is 4.91. The van der Waals surface area contributed by atoms with E-state index < -0.39 is 0 Å². The van der Waals surface area contributed by atoms with Crippen molar-refractivity contribution in [1.29, 1.82) is 0 Å². The average Bonchev–Trinajstić information content (AvgIpc) is 3.26. The summed E-state index contributed by atoms with van der Waals surface area (Å²) < 4.78 is 0. The summed E-state index contributed by atoms with van der Waals surface area (Å²) in [6.45, 7) is 2.04. The van der Waals surface area contributed by atoms with E-state index in [0.717, 1.165) is 38.0 Å². The van der Waals surface area contributed by atoms with Crippen LogP contribution >= 0.6 is 0 Å². The van der Waals surface area contributed by atoms with Crippen LogP contribution in [-0.4, -0.2) is 46.7 Å². The number of carbonyl (C=O) groups excluding carboxylic acids is 2. The number of aromatic nitrogens is 1. The molecule has 0 radical (unpaired) electrons. The van der Waals surface area contributed by atoms with Crippen molar-refractivity contribution in [2.24, 2.45) is 11.3 Å². The monoisotopic (exact) mass is 377 g/mol. The molecule has 2 aromatic rings. The maximum Gasteiger partial charge on any atom is 0.226 e. The molecule has 1 aromatic heterocycles. The Morgan fingerprint density at radius 1 is 1.18 bits per heavy atom. The van der Waals surface area contributed by atoms with Crippen LogP contribution in [0.2, 0.25) is 0 Å². The molecule has 5 heteroatoms. The fourth-order valence-electron chi connectivity index (χ4n) is 4.39. The van der Waals surface area contributed by atoms with Gasteiger partial charge in [0.05, 0.1) is 12.2 Å². The third-order valence-corrected chi connectivity index (χ3v) is 6.20. The summed E-state index contributed by atoms with van der Waals surface area (Å²) >= 11 is 0. The van der Waals surface area contributed by atoms with Crippen LogP contribution in [0.1, 0.15) is 30.5 Å². The molecular weight excluding hydrogens is 350 g/mol. The predicted molar refractivity (Wildman–Crippen MR) is 107 cm³/mol. The summed E-state index contributed by atoms with van der Waals surface area (Å²) in [5, 5.41) is 0. The van der Waals surface area contributed by atoms with Crippen molar-refractivity contribution >= 4 is 11.8 Å². The Morgan fingerprint density at radius 2 is 1.96 bits per heavy atom. The highest BCUT2D eigenvalue weighted by Crippen LogP contribution is 2.59. The van der Waals surface area contributed by atoms with Crippen molar-refractivity contribution in [2.45, 2.75) is 32.2 Å². The zero-order chi connectivity index (χ0) is 19.6. The molecule has 146 valence electrons. The molecule has 2 aliphatic rings. The number of carbonyl (C=O) groups is 2. The van der Waals surface area contributed by atoms with E-state index in [-0.39, 0.29) is 23.1 Å². The zero-order valence-electron chi connectivity index (χ0n) is 16.4. The van der Waals surface area contributed by atoms with E-state index in [0.29, 0.717) is 13.0 Å². The Bertz CT molecular complexity index is 839. The van der Waals surface area contributed by atoms with Gasteiger partial charge < -0.3 is 9.80 Å². The van der Waals surface area contributed by atoms with Crippen molar-refractivity contribution in [1.82, 2.24) is 14.8 Å². The van der Waals surface area contributed by atoms with Crippen molar-refractivity contribution in [3.8, 4) is 0 Å². The normalized spacial score (nSPS) is 23.0. The van der Waals surface area contributed by atoms with Crippen LogP contribution in [0.15, 0.2) is 54.7 Å². The molecule has 2 fully saturated rings. The Morgan fingerprint density at radius 3 is 2.71 bits per heavy atom. The lowest BCUT2D eigenvalue weighted by Crippen LogP contribution is -2.32. The van der Waals surface area contributed by atoms with E-state index in [2.05, 4.69) is 17.1 Å². The summed E-state index contributed by atoms with van der Waals surface area (Å²) in [7, 11) is 1.85. The second-order valence-electron chi connectivity index (χ2n) is 8.19. The minimum Gasteiger partial charge on any atom is -0.342 e. The smallest absolute Gasteiger partial charge is 0.226 e. The fourth-order valence-corrected chi connectivity index (χ4v) is 4.39. The van der Waals surface area contributed by atoms with E-state index in [9.17, 15) is 9.59 Å². The average molecular weight is 377 g/mol.